The van der Waals surface area contributed by atoms with Crippen LogP contribution in [0.2, 0.25) is 0 Å². The summed E-state index contributed by atoms with van der Waals surface area (Å²) in [5.41, 5.74) is 0.588. The first-order chi connectivity index (χ1) is 8.55. The van der Waals surface area contributed by atoms with E-state index in [9.17, 15) is 13.2 Å². The second-order valence-corrected chi connectivity index (χ2v) is 3.59. The molecular formula is C13H9F3N2. The van der Waals surface area contributed by atoms with Gasteiger partial charge in [-0.25, -0.2) is 0 Å². The number of hydrogen-bond donors (Lipinski definition) is 0. The molecule has 0 aliphatic heterocycles. The molecule has 0 atom stereocenters. The summed E-state index contributed by atoms with van der Waals surface area (Å²) in [7, 11) is 0. The molecule has 5 heteroatoms. The third kappa shape index (κ3) is 3.16. The molecule has 0 saturated heterocycles. The minimum atomic E-state index is -4.31. The lowest BCUT2D eigenvalue weighted by Crippen LogP contribution is -2.04. The average Bonchev–Trinajstić information content (AvgIpc) is 2.37. The summed E-state index contributed by atoms with van der Waals surface area (Å²) in [4.78, 5) is 7.98. The van der Waals surface area contributed by atoms with Crippen molar-refractivity contribution in [3.8, 4) is 0 Å². The standard InChI is InChI=1S/C13H9F3N2/c14-13(15,16)11-5-3-10(4-6-11)8-18-12-2-1-7-17-9-12/h1-9H. The molecule has 92 valence electrons. The Morgan fingerprint density at radius 2 is 1.78 bits per heavy atom. The van der Waals surface area contributed by atoms with Gasteiger partial charge in [0.1, 0.15) is 0 Å². The van der Waals surface area contributed by atoms with Crippen LogP contribution in [0, 0.1) is 0 Å². The van der Waals surface area contributed by atoms with Crippen molar-refractivity contribution in [2.75, 3.05) is 0 Å². The van der Waals surface area contributed by atoms with Crippen molar-refractivity contribution in [3.63, 3.8) is 0 Å². The molecule has 0 fully saturated rings. The summed E-state index contributed by atoms with van der Waals surface area (Å²) >= 11 is 0. The fourth-order valence-corrected chi connectivity index (χ4v) is 1.34. The van der Waals surface area contributed by atoms with Crippen LogP contribution in [0.1, 0.15) is 11.1 Å². The maximum absolute atomic E-state index is 12.3. The summed E-state index contributed by atoms with van der Waals surface area (Å²) in [5.74, 6) is 0. The lowest BCUT2D eigenvalue weighted by atomic mass is 10.1. The fourth-order valence-electron chi connectivity index (χ4n) is 1.34. The van der Waals surface area contributed by atoms with E-state index < -0.39 is 11.7 Å². The number of nitrogens with zero attached hydrogens (tertiary/aromatic N) is 2. The van der Waals surface area contributed by atoms with E-state index in [2.05, 4.69) is 9.98 Å². The lowest BCUT2D eigenvalue weighted by molar-refractivity contribution is -0.137. The first-order valence-corrected chi connectivity index (χ1v) is 5.17. The number of hydrogen-bond acceptors (Lipinski definition) is 2. The highest BCUT2D eigenvalue weighted by Crippen LogP contribution is 2.28. The molecule has 0 spiro atoms. The molecule has 0 aliphatic carbocycles. The molecule has 1 aromatic heterocycles. The topological polar surface area (TPSA) is 25.2 Å². The van der Waals surface area contributed by atoms with Gasteiger partial charge >= 0.3 is 6.18 Å². The van der Waals surface area contributed by atoms with Crippen LogP contribution in [0.15, 0.2) is 53.8 Å². The Morgan fingerprint density at radius 3 is 2.33 bits per heavy atom. The van der Waals surface area contributed by atoms with Gasteiger partial charge in [0, 0.05) is 12.4 Å². The van der Waals surface area contributed by atoms with Crippen molar-refractivity contribution in [1.82, 2.24) is 4.98 Å². The third-order valence-corrected chi connectivity index (χ3v) is 2.25. The molecule has 0 aliphatic rings. The van der Waals surface area contributed by atoms with E-state index in [1.807, 2.05) is 0 Å². The number of benzene rings is 1. The van der Waals surface area contributed by atoms with E-state index in [1.165, 1.54) is 18.3 Å². The van der Waals surface area contributed by atoms with Crippen molar-refractivity contribution in [1.29, 1.82) is 0 Å². The predicted octanol–water partition coefficient (Wildman–Crippen LogP) is 3.85. The quantitative estimate of drug-likeness (QED) is 0.743. The van der Waals surface area contributed by atoms with Crippen molar-refractivity contribution in [2.45, 2.75) is 6.18 Å². The molecule has 2 aromatic rings. The van der Waals surface area contributed by atoms with Crippen molar-refractivity contribution in [2.24, 2.45) is 4.99 Å². The van der Waals surface area contributed by atoms with Crippen LogP contribution in [0.5, 0.6) is 0 Å². The highest BCUT2D eigenvalue weighted by atomic mass is 19.4. The van der Waals surface area contributed by atoms with E-state index in [4.69, 9.17) is 0 Å². The van der Waals surface area contributed by atoms with Gasteiger partial charge in [-0.2, -0.15) is 13.2 Å². The molecular weight excluding hydrogens is 241 g/mol. The van der Waals surface area contributed by atoms with E-state index in [0.717, 1.165) is 12.1 Å². The van der Waals surface area contributed by atoms with Crippen LogP contribution in [-0.2, 0) is 6.18 Å². The van der Waals surface area contributed by atoms with Crippen LogP contribution < -0.4 is 0 Å². The monoisotopic (exact) mass is 250 g/mol. The fraction of sp³-hybridized carbons (Fsp3) is 0.0769. The van der Waals surface area contributed by atoms with Crippen LogP contribution in [0.25, 0.3) is 0 Å². The highest BCUT2D eigenvalue weighted by molar-refractivity contribution is 5.81. The summed E-state index contributed by atoms with van der Waals surface area (Å²) in [6.45, 7) is 0. The van der Waals surface area contributed by atoms with Crippen molar-refractivity contribution in [3.05, 3.63) is 59.9 Å². The largest absolute Gasteiger partial charge is 0.416 e. The summed E-state index contributed by atoms with van der Waals surface area (Å²) in [6, 6.07) is 8.31. The Morgan fingerprint density at radius 1 is 1.06 bits per heavy atom. The zero-order chi connectivity index (χ0) is 13.0. The number of halogens is 3. The van der Waals surface area contributed by atoms with Gasteiger partial charge in [-0.05, 0) is 29.8 Å². The van der Waals surface area contributed by atoms with Crippen LogP contribution in [0.3, 0.4) is 0 Å². The van der Waals surface area contributed by atoms with Crippen LogP contribution in [0.4, 0.5) is 18.9 Å². The highest BCUT2D eigenvalue weighted by Gasteiger charge is 2.29. The van der Waals surface area contributed by atoms with Gasteiger partial charge in [-0.3, -0.25) is 9.98 Å². The Labute approximate surface area is 102 Å². The predicted molar refractivity (Wildman–Crippen MR) is 62.9 cm³/mol. The first-order valence-electron chi connectivity index (χ1n) is 5.17. The molecule has 0 amide bonds. The molecule has 0 radical (unpaired) electrons. The Hall–Kier alpha value is -2.17. The summed E-state index contributed by atoms with van der Waals surface area (Å²) in [6.07, 6.45) is 0.383. The van der Waals surface area contributed by atoms with Crippen molar-refractivity contribution >= 4 is 11.9 Å². The van der Waals surface area contributed by atoms with Gasteiger partial charge in [-0.15, -0.1) is 0 Å². The van der Waals surface area contributed by atoms with Crippen LogP contribution in [-0.4, -0.2) is 11.2 Å². The summed E-state index contributed by atoms with van der Waals surface area (Å²) < 4.78 is 37.0. The molecule has 1 heterocycles. The maximum atomic E-state index is 12.3. The number of aliphatic imine (C=N–C) groups is 1. The van der Waals surface area contributed by atoms with E-state index >= 15 is 0 Å². The normalized spacial score (nSPS) is 11.9. The van der Waals surface area contributed by atoms with Gasteiger partial charge in [0.05, 0.1) is 17.4 Å². The SMILES string of the molecule is FC(F)(F)c1ccc(C=Nc2cccnc2)cc1. The summed E-state index contributed by atoms with van der Waals surface area (Å²) in [5, 5.41) is 0. The van der Waals surface area contributed by atoms with Gasteiger partial charge in [0.15, 0.2) is 0 Å². The Bertz CT molecular complexity index is 530. The van der Waals surface area contributed by atoms with Gasteiger partial charge in [0.25, 0.3) is 0 Å². The van der Waals surface area contributed by atoms with E-state index in [0.29, 0.717) is 11.3 Å². The Balaban J connectivity index is 2.14. The average molecular weight is 250 g/mol. The maximum Gasteiger partial charge on any atom is 0.416 e. The number of aromatic nitrogens is 1. The second-order valence-electron chi connectivity index (χ2n) is 3.59. The molecule has 2 rings (SSSR count). The molecule has 2 nitrogen and oxygen atoms in total. The van der Waals surface area contributed by atoms with E-state index in [-0.39, 0.29) is 0 Å². The molecule has 0 unspecified atom stereocenters. The third-order valence-electron chi connectivity index (χ3n) is 2.25. The van der Waals surface area contributed by atoms with Gasteiger partial charge in [0.2, 0.25) is 0 Å². The minimum Gasteiger partial charge on any atom is -0.262 e. The lowest BCUT2D eigenvalue weighted by Gasteiger charge is -2.05. The molecule has 0 saturated carbocycles. The molecule has 0 bridgehead atoms. The molecule has 0 N–H and O–H groups in total. The molecule has 1 aromatic carbocycles. The Kier molecular flexibility index (Phi) is 3.41. The number of pyridine rings is 1. The first kappa shape index (κ1) is 12.3. The zero-order valence-electron chi connectivity index (χ0n) is 9.22. The smallest absolute Gasteiger partial charge is 0.262 e. The number of rotatable bonds is 2. The van der Waals surface area contributed by atoms with E-state index in [1.54, 1.807) is 24.5 Å². The minimum absolute atomic E-state index is 0.604. The molecule has 18 heavy (non-hydrogen) atoms. The van der Waals surface area contributed by atoms with Gasteiger partial charge < -0.3 is 0 Å². The second kappa shape index (κ2) is 5.00. The van der Waals surface area contributed by atoms with Crippen LogP contribution >= 0.6 is 0 Å². The zero-order valence-corrected chi connectivity index (χ0v) is 9.22. The number of alkyl halides is 3. The van der Waals surface area contributed by atoms with Gasteiger partial charge in [-0.1, -0.05) is 12.1 Å². The van der Waals surface area contributed by atoms with Crippen molar-refractivity contribution < 1.29 is 13.2 Å².